The van der Waals surface area contributed by atoms with Crippen molar-refractivity contribution in [2.24, 2.45) is 0 Å². The highest BCUT2D eigenvalue weighted by atomic mass is 19.1. The quantitative estimate of drug-likeness (QED) is 0.417. The van der Waals surface area contributed by atoms with E-state index in [-0.39, 0.29) is 22.9 Å². The maximum atomic E-state index is 12.8. The molecular weight excluding hydrogens is 375 g/mol. The first kappa shape index (κ1) is 20.6. The number of rotatable bonds is 8. The molecule has 0 radical (unpaired) electrons. The van der Waals surface area contributed by atoms with Crippen molar-refractivity contribution in [1.82, 2.24) is 0 Å². The van der Waals surface area contributed by atoms with Crippen molar-refractivity contribution in [3.63, 3.8) is 0 Å². The Hall–Kier alpha value is -3.69. The van der Waals surface area contributed by atoms with Gasteiger partial charge in [-0.2, -0.15) is 0 Å². The molecule has 0 aromatic heterocycles. The van der Waals surface area contributed by atoms with Gasteiger partial charge in [0.15, 0.2) is 19.0 Å². The fourth-order valence-corrected chi connectivity index (χ4v) is 2.16. The van der Waals surface area contributed by atoms with Crippen LogP contribution in [0.5, 0.6) is 11.5 Å². The lowest BCUT2D eigenvalue weighted by atomic mass is 10.1. The molecule has 0 unspecified atom stereocenters. The van der Waals surface area contributed by atoms with E-state index in [1.54, 1.807) is 6.92 Å². The van der Waals surface area contributed by atoms with Gasteiger partial charge in [0.05, 0.1) is 12.0 Å². The molecule has 1 amide bonds. The number of nitro benzene ring substituents is 1. The lowest BCUT2D eigenvalue weighted by Gasteiger charge is -2.11. The fraction of sp³-hybridized carbons (Fsp3) is 0.222. The summed E-state index contributed by atoms with van der Waals surface area (Å²) in [6, 6.07) is 7.62. The molecule has 0 spiro atoms. The van der Waals surface area contributed by atoms with Crippen LogP contribution in [0.25, 0.3) is 0 Å². The lowest BCUT2D eigenvalue weighted by molar-refractivity contribution is -0.385. The summed E-state index contributed by atoms with van der Waals surface area (Å²) in [5.74, 6) is -1.62. The highest BCUT2D eigenvalue weighted by molar-refractivity contribution is 5.94. The highest BCUT2D eigenvalue weighted by Gasteiger charge is 2.18. The number of hydrogen-bond donors (Lipinski definition) is 1. The van der Waals surface area contributed by atoms with Crippen LogP contribution in [-0.2, 0) is 14.3 Å². The molecular formula is C18H17FN2O7. The molecule has 0 aliphatic carbocycles. The summed E-state index contributed by atoms with van der Waals surface area (Å²) in [5, 5.41) is 13.5. The number of halogens is 1. The van der Waals surface area contributed by atoms with Gasteiger partial charge in [-0.25, -0.2) is 9.18 Å². The Bertz CT molecular complexity index is 884. The minimum Gasteiger partial charge on any atom is -0.490 e. The van der Waals surface area contributed by atoms with Crippen LogP contribution < -0.4 is 14.8 Å². The maximum absolute atomic E-state index is 12.8. The third-order valence-corrected chi connectivity index (χ3v) is 3.53. The summed E-state index contributed by atoms with van der Waals surface area (Å²) in [7, 11) is 1.27. The number of nitro groups is 1. The van der Waals surface area contributed by atoms with Crippen molar-refractivity contribution < 1.29 is 33.1 Å². The van der Waals surface area contributed by atoms with Crippen molar-refractivity contribution in [2.45, 2.75) is 6.92 Å². The summed E-state index contributed by atoms with van der Waals surface area (Å²) in [6.45, 7) is 0.540. The van der Waals surface area contributed by atoms with E-state index in [4.69, 9.17) is 14.2 Å². The molecule has 0 aliphatic heterocycles. The van der Waals surface area contributed by atoms with Gasteiger partial charge in [-0.3, -0.25) is 14.9 Å². The molecule has 9 nitrogen and oxygen atoms in total. The maximum Gasteiger partial charge on any atom is 0.344 e. The van der Waals surface area contributed by atoms with Crippen LogP contribution in [0.4, 0.5) is 15.8 Å². The topological polar surface area (TPSA) is 117 Å². The van der Waals surface area contributed by atoms with E-state index in [1.165, 1.54) is 43.5 Å². The molecule has 10 heteroatoms. The minimum atomic E-state index is -0.794. The SMILES string of the molecule is COc1cc(NC(=O)COC(=O)COc2ccc(F)cc2)c(C)cc1[N+](=O)[O-]. The molecule has 2 rings (SSSR count). The Balaban J connectivity index is 1.87. The van der Waals surface area contributed by atoms with Crippen molar-refractivity contribution in [1.29, 1.82) is 0 Å². The Morgan fingerprint density at radius 2 is 1.86 bits per heavy atom. The Morgan fingerprint density at radius 1 is 1.18 bits per heavy atom. The molecule has 0 heterocycles. The van der Waals surface area contributed by atoms with Gasteiger partial charge in [0.1, 0.15) is 11.6 Å². The Morgan fingerprint density at radius 3 is 2.46 bits per heavy atom. The average Bonchev–Trinajstić information content (AvgIpc) is 2.67. The second kappa shape index (κ2) is 9.31. The summed E-state index contributed by atoms with van der Waals surface area (Å²) in [5.41, 5.74) is 0.486. The number of anilines is 1. The minimum absolute atomic E-state index is 0.0180. The van der Waals surface area contributed by atoms with E-state index in [1.807, 2.05) is 0 Å². The molecule has 2 aromatic carbocycles. The number of ether oxygens (including phenoxy) is 3. The normalized spacial score (nSPS) is 10.1. The highest BCUT2D eigenvalue weighted by Crippen LogP contribution is 2.32. The second-order valence-electron chi connectivity index (χ2n) is 5.55. The van der Waals surface area contributed by atoms with E-state index < -0.39 is 35.8 Å². The summed E-state index contributed by atoms with van der Waals surface area (Å²) < 4.78 is 27.6. The number of esters is 1. The number of benzene rings is 2. The summed E-state index contributed by atoms with van der Waals surface area (Å²) in [4.78, 5) is 34.0. The second-order valence-corrected chi connectivity index (χ2v) is 5.55. The van der Waals surface area contributed by atoms with E-state index in [0.29, 0.717) is 5.56 Å². The van der Waals surface area contributed by atoms with Crippen molar-refractivity contribution in [3.05, 3.63) is 57.9 Å². The van der Waals surface area contributed by atoms with Crippen molar-refractivity contribution in [2.75, 3.05) is 25.6 Å². The van der Waals surface area contributed by atoms with Crippen LogP contribution >= 0.6 is 0 Å². The fourth-order valence-electron chi connectivity index (χ4n) is 2.16. The zero-order valence-corrected chi connectivity index (χ0v) is 15.1. The van der Waals surface area contributed by atoms with Gasteiger partial charge < -0.3 is 19.5 Å². The van der Waals surface area contributed by atoms with Gasteiger partial charge in [0.2, 0.25) is 0 Å². The van der Waals surface area contributed by atoms with E-state index in [9.17, 15) is 24.1 Å². The third kappa shape index (κ3) is 5.66. The Kier molecular flexibility index (Phi) is 6.85. The van der Waals surface area contributed by atoms with Gasteiger partial charge in [0.25, 0.3) is 5.91 Å². The van der Waals surface area contributed by atoms with Gasteiger partial charge in [-0.1, -0.05) is 0 Å². The molecule has 0 atom stereocenters. The van der Waals surface area contributed by atoms with Crippen molar-refractivity contribution >= 4 is 23.3 Å². The van der Waals surface area contributed by atoms with Crippen LogP contribution in [0, 0.1) is 22.9 Å². The molecule has 148 valence electrons. The average molecular weight is 392 g/mol. The molecule has 0 saturated carbocycles. The zero-order valence-electron chi connectivity index (χ0n) is 15.1. The van der Waals surface area contributed by atoms with Crippen LogP contribution in [0.15, 0.2) is 36.4 Å². The molecule has 0 aliphatic rings. The lowest BCUT2D eigenvalue weighted by Crippen LogP contribution is -2.24. The molecule has 0 bridgehead atoms. The summed E-state index contributed by atoms with van der Waals surface area (Å²) in [6.07, 6.45) is 0. The van der Waals surface area contributed by atoms with Gasteiger partial charge in [-0.05, 0) is 36.8 Å². The molecule has 0 fully saturated rings. The van der Waals surface area contributed by atoms with Gasteiger partial charge in [-0.15, -0.1) is 0 Å². The monoisotopic (exact) mass is 392 g/mol. The zero-order chi connectivity index (χ0) is 20.7. The first-order valence-corrected chi connectivity index (χ1v) is 7.97. The number of amides is 1. The van der Waals surface area contributed by atoms with E-state index in [0.717, 1.165) is 0 Å². The van der Waals surface area contributed by atoms with Crippen LogP contribution in [0.3, 0.4) is 0 Å². The van der Waals surface area contributed by atoms with Crippen molar-refractivity contribution in [3.8, 4) is 11.5 Å². The predicted molar refractivity (Wildman–Crippen MR) is 95.9 cm³/mol. The van der Waals surface area contributed by atoms with E-state index in [2.05, 4.69) is 5.32 Å². The number of hydrogen-bond acceptors (Lipinski definition) is 7. The predicted octanol–water partition coefficient (Wildman–Crippen LogP) is 2.61. The molecule has 2 aromatic rings. The summed E-state index contributed by atoms with van der Waals surface area (Å²) >= 11 is 0. The standard InChI is InChI=1S/C18H17FN2O7/c1-11-7-15(21(24)25)16(26-2)8-14(11)20-17(22)9-28-18(23)10-27-13-5-3-12(19)4-6-13/h3-8H,9-10H2,1-2H3,(H,20,22). The number of carbonyl (C=O) groups excluding carboxylic acids is 2. The number of nitrogens with one attached hydrogen (secondary N) is 1. The van der Waals surface area contributed by atoms with Gasteiger partial charge >= 0.3 is 11.7 Å². The number of methoxy groups -OCH3 is 1. The number of carbonyl (C=O) groups is 2. The first-order chi connectivity index (χ1) is 13.3. The number of nitrogens with zero attached hydrogens (tertiary/aromatic N) is 1. The molecule has 28 heavy (non-hydrogen) atoms. The smallest absolute Gasteiger partial charge is 0.344 e. The van der Waals surface area contributed by atoms with Crippen LogP contribution in [0.2, 0.25) is 0 Å². The first-order valence-electron chi connectivity index (χ1n) is 7.97. The Labute approximate surface area is 159 Å². The number of aryl methyl sites for hydroxylation is 1. The van der Waals surface area contributed by atoms with Crippen LogP contribution in [-0.4, -0.2) is 37.1 Å². The largest absolute Gasteiger partial charge is 0.490 e. The van der Waals surface area contributed by atoms with Gasteiger partial charge in [0, 0.05) is 17.8 Å². The molecule has 1 N–H and O–H groups in total. The molecule has 0 saturated heterocycles. The van der Waals surface area contributed by atoms with Crippen LogP contribution in [0.1, 0.15) is 5.56 Å². The third-order valence-electron chi connectivity index (χ3n) is 3.53. The van der Waals surface area contributed by atoms with E-state index >= 15 is 0 Å².